The SMILES string of the molecule is COC(=O)/C(F)=C/C(c1ccc(Cl)cc1)C(C)C. The molecule has 0 bridgehead atoms. The van der Waals surface area contributed by atoms with Gasteiger partial charge < -0.3 is 4.74 Å². The van der Waals surface area contributed by atoms with Gasteiger partial charge in [0.25, 0.3) is 0 Å². The molecule has 0 aliphatic rings. The summed E-state index contributed by atoms with van der Waals surface area (Å²) < 4.78 is 17.9. The van der Waals surface area contributed by atoms with E-state index in [9.17, 15) is 9.18 Å². The number of halogens is 2. The monoisotopic (exact) mass is 270 g/mol. The smallest absolute Gasteiger partial charge is 0.366 e. The van der Waals surface area contributed by atoms with E-state index in [4.69, 9.17) is 11.6 Å². The maximum atomic E-state index is 13.5. The average molecular weight is 271 g/mol. The lowest BCUT2D eigenvalue weighted by molar-refractivity contribution is -0.137. The number of hydrogen-bond acceptors (Lipinski definition) is 2. The Balaban J connectivity index is 3.04. The molecule has 0 radical (unpaired) electrons. The van der Waals surface area contributed by atoms with E-state index in [2.05, 4.69) is 4.74 Å². The predicted octanol–water partition coefficient (Wildman–Crippen LogP) is 4.11. The number of allylic oxidation sites excluding steroid dienone is 1. The van der Waals surface area contributed by atoms with Gasteiger partial charge in [-0.3, -0.25) is 0 Å². The molecule has 0 aromatic heterocycles. The molecule has 0 saturated heterocycles. The second kappa shape index (κ2) is 6.55. The number of hydrogen-bond donors (Lipinski definition) is 0. The van der Waals surface area contributed by atoms with Crippen molar-refractivity contribution < 1.29 is 13.9 Å². The first-order valence-electron chi connectivity index (χ1n) is 5.66. The fourth-order valence-electron chi connectivity index (χ4n) is 1.68. The van der Waals surface area contributed by atoms with Gasteiger partial charge in [-0.05, 0) is 29.7 Å². The summed E-state index contributed by atoms with van der Waals surface area (Å²) in [6.45, 7) is 3.92. The first-order chi connectivity index (χ1) is 8.45. The molecule has 2 nitrogen and oxygen atoms in total. The Hall–Kier alpha value is -1.35. The largest absolute Gasteiger partial charge is 0.464 e. The van der Waals surface area contributed by atoms with Gasteiger partial charge in [0.1, 0.15) is 0 Å². The number of rotatable bonds is 4. The molecule has 1 aromatic carbocycles. The number of benzene rings is 1. The molecule has 0 N–H and O–H groups in total. The summed E-state index contributed by atoms with van der Waals surface area (Å²) >= 11 is 5.81. The second-order valence-electron chi connectivity index (χ2n) is 4.33. The molecule has 0 fully saturated rings. The fraction of sp³-hybridized carbons (Fsp3) is 0.357. The molecular weight excluding hydrogens is 255 g/mol. The van der Waals surface area contributed by atoms with Gasteiger partial charge in [-0.1, -0.05) is 37.6 Å². The van der Waals surface area contributed by atoms with Gasteiger partial charge in [-0.2, -0.15) is 4.39 Å². The van der Waals surface area contributed by atoms with E-state index in [1.807, 2.05) is 26.0 Å². The van der Waals surface area contributed by atoms with Crippen LogP contribution in [0, 0.1) is 5.92 Å². The van der Waals surface area contributed by atoms with Gasteiger partial charge in [0.2, 0.25) is 5.83 Å². The first-order valence-corrected chi connectivity index (χ1v) is 6.04. The molecule has 0 aliphatic carbocycles. The quantitative estimate of drug-likeness (QED) is 0.608. The van der Waals surface area contributed by atoms with Crippen LogP contribution in [0.5, 0.6) is 0 Å². The minimum absolute atomic E-state index is 0.154. The molecule has 0 saturated carbocycles. The lowest BCUT2D eigenvalue weighted by atomic mass is 9.88. The maximum absolute atomic E-state index is 13.5. The van der Waals surface area contributed by atoms with Crippen molar-refractivity contribution in [3.8, 4) is 0 Å². The zero-order valence-corrected chi connectivity index (χ0v) is 11.4. The highest BCUT2D eigenvalue weighted by molar-refractivity contribution is 6.30. The summed E-state index contributed by atoms with van der Waals surface area (Å²) in [7, 11) is 1.16. The van der Waals surface area contributed by atoms with E-state index < -0.39 is 11.8 Å². The molecule has 98 valence electrons. The molecule has 0 amide bonds. The third-order valence-electron chi connectivity index (χ3n) is 2.68. The van der Waals surface area contributed by atoms with Crippen LogP contribution in [0.1, 0.15) is 25.3 Å². The second-order valence-corrected chi connectivity index (χ2v) is 4.76. The topological polar surface area (TPSA) is 26.3 Å². The summed E-state index contributed by atoms with van der Waals surface area (Å²) in [5, 5.41) is 0.624. The number of esters is 1. The number of methoxy groups -OCH3 is 1. The Morgan fingerprint density at radius 3 is 2.33 bits per heavy atom. The molecule has 0 aliphatic heterocycles. The van der Waals surface area contributed by atoms with Gasteiger partial charge in [-0.15, -0.1) is 0 Å². The summed E-state index contributed by atoms with van der Waals surface area (Å²) in [5.74, 6) is -1.86. The highest BCUT2D eigenvalue weighted by Gasteiger charge is 2.18. The van der Waals surface area contributed by atoms with Crippen molar-refractivity contribution in [3.63, 3.8) is 0 Å². The van der Waals surface area contributed by atoms with Crippen LogP contribution >= 0.6 is 11.6 Å². The van der Waals surface area contributed by atoms with Crippen LogP contribution in [0.4, 0.5) is 4.39 Å². The Morgan fingerprint density at radius 2 is 1.89 bits per heavy atom. The molecule has 1 aromatic rings. The number of ether oxygens (including phenoxy) is 1. The highest BCUT2D eigenvalue weighted by Crippen LogP contribution is 2.28. The molecule has 0 spiro atoms. The lowest BCUT2D eigenvalue weighted by Gasteiger charge is -2.17. The van der Waals surface area contributed by atoms with Crippen molar-refractivity contribution in [1.29, 1.82) is 0 Å². The lowest BCUT2D eigenvalue weighted by Crippen LogP contribution is -2.08. The summed E-state index contributed by atoms with van der Waals surface area (Å²) in [5.41, 5.74) is 0.911. The van der Waals surface area contributed by atoms with Crippen molar-refractivity contribution in [2.24, 2.45) is 5.92 Å². The van der Waals surface area contributed by atoms with Gasteiger partial charge in [-0.25, -0.2) is 4.79 Å². The third-order valence-corrected chi connectivity index (χ3v) is 2.93. The van der Waals surface area contributed by atoms with Crippen LogP contribution in [0.25, 0.3) is 0 Å². The zero-order chi connectivity index (χ0) is 13.7. The molecule has 1 rings (SSSR count). The molecule has 1 atom stereocenters. The Bertz CT molecular complexity index is 438. The van der Waals surface area contributed by atoms with Gasteiger partial charge >= 0.3 is 5.97 Å². The highest BCUT2D eigenvalue weighted by atomic mass is 35.5. The van der Waals surface area contributed by atoms with Crippen LogP contribution < -0.4 is 0 Å². The van der Waals surface area contributed by atoms with Crippen LogP contribution in [-0.2, 0) is 9.53 Å². The molecule has 0 heterocycles. The minimum atomic E-state index is -0.949. The third kappa shape index (κ3) is 3.84. The van der Waals surface area contributed by atoms with E-state index in [1.54, 1.807) is 12.1 Å². The summed E-state index contributed by atoms with van der Waals surface area (Å²) in [6.07, 6.45) is 1.29. The first kappa shape index (κ1) is 14.7. The van der Waals surface area contributed by atoms with Crippen LogP contribution in [0.15, 0.2) is 36.2 Å². The molecule has 4 heteroatoms. The van der Waals surface area contributed by atoms with E-state index in [1.165, 1.54) is 6.08 Å². The van der Waals surface area contributed by atoms with E-state index in [-0.39, 0.29) is 11.8 Å². The van der Waals surface area contributed by atoms with Gasteiger partial charge in [0, 0.05) is 10.9 Å². The summed E-state index contributed by atoms with van der Waals surface area (Å²) in [4.78, 5) is 11.1. The van der Waals surface area contributed by atoms with Crippen molar-refractivity contribution in [2.75, 3.05) is 7.11 Å². The van der Waals surface area contributed by atoms with Crippen LogP contribution in [0.2, 0.25) is 5.02 Å². The van der Waals surface area contributed by atoms with E-state index in [0.717, 1.165) is 12.7 Å². The van der Waals surface area contributed by atoms with Crippen molar-refractivity contribution in [2.45, 2.75) is 19.8 Å². The molecule has 18 heavy (non-hydrogen) atoms. The maximum Gasteiger partial charge on any atom is 0.366 e. The van der Waals surface area contributed by atoms with Crippen molar-refractivity contribution >= 4 is 17.6 Å². The Kier molecular flexibility index (Phi) is 5.35. The Morgan fingerprint density at radius 1 is 1.33 bits per heavy atom. The zero-order valence-electron chi connectivity index (χ0n) is 10.6. The molecular formula is C14H16ClFO2. The number of carbonyl (C=O) groups excluding carboxylic acids is 1. The average Bonchev–Trinajstić information content (AvgIpc) is 2.35. The standard InChI is InChI=1S/C14H16ClFO2/c1-9(2)12(8-13(16)14(17)18-3)10-4-6-11(15)7-5-10/h4-9,12H,1-3H3/b13-8-. The normalized spacial score (nSPS) is 13.6. The summed E-state index contributed by atoms with van der Waals surface area (Å²) in [6, 6.07) is 7.15. The van der Waals surface area contributed by atoms with Gasteiger partial charge in [0.05, 0.1) is 7.11 Å². The van der Waals surface area contributed by atoms with E-state index in [0.29, 0.717) is 5.02 Å². The van der Waals surface area contributed by atoms with E-state index >= 15 is 0 Å². The van der Waals surface area contributed by atoms with Gasteiger partial charge in [0.15, 0.2) is 0 Å². The predicted molar refractivity (Wildman–Crippen MR) is 70.2 cm³/mol. The van der Waals surface area contributed by atoms with Crippen LogP contribution in [-0.4, -0.2) is 13.1 Å². The van der Waals surface area contributed by atoms with Crippen molar-refractivity contribution in [1.82, 2.24) is 0 Å². The van der Waals surface area contributed by atoms with Crippen LogP contribution in [0.3, 0.4) is 0 Å². The number of carbonyl (C=O) groups is 1. The van der Waals surface area contributed by atoms with Crippen molar-refractivity contribution in [3.05, 3.63) is 46.8 Å². The fourth-order valence-corrected chi connectivity index (χ4v) is 1.81. The molecule has 1 unspecified atom stereocenters. The Labute approximate surface area is 111 Å². The minimum Gasteiger partial charge on any atom is -0.464 e.